The predicted octanol–water partition coefficient (Wildman–Crippen LogP) is 6.95. The van der Waals surface area contributed by atoms with Crippen molar-refractivity contribution < 1.29 is 18.7 Å². The van der Waals surface area contributed by atoms with Gasteiger partial charge in [0.15, 0.2) is 11.3 Å². The highest BCUT2D eigenvalue weighted by Gasteiger charge is 2.37. The third-order valence-corrected chi connectivity index (χ3v) is 9.65. The van der Waals surface area contributed by atoms with Gasteiger partial charge in [0.1, 0.15) is 23.2 Å². The highest BCUT2D eigenvalue weighted by molar-refractivity contribution is 6.34. The highest BCUT2D eigenvalue weighted by Crippen LogP contribution is 2.42. The molecule has 3 atom stereocenters. The highest BCUT2D eigenvalue weighted by atomic mass is 35.5. The van der Waals surface area contributed by atoms with Crippen molar-refractivity contribution in [2.45, 2.75) is 83.5 Å². The summed E-state index contributed by atoms with van der Waals surface area (Å²) < 4.78 is 30.5. The topological polar surface area (TPSA) is 133 Å². The number of likely N-dealkylation sites (N-methyl/N-ethyl adjacent to an activating group) is 1. The van der Waals surface area contributed by atoms with Crippen molar-refractivity contribution in [2.75, 3.05) is 26.7 Å². The van der Waals surface area contributed by atoms with Gasteiger partial charge in [0.05, 0.1) is 41.2 Å². The number of fused-ring (bicyclic) bond motifs is 3. The molecule has 11 nitrogen and oxygen atoms in total. The molecule has 250 valence electrons. The first-order valence-electron chi connectivity index (χ1n) is 16.2. The van der Waals surface area contributed by atoms with Crippen molar-refractivity contribution in [3.63, 3.8) is 0 Å². The van der Waals surface area contributed by atoms with E-state index in [1.54, 1.807) is 61.5 Å². The van der Waals surface area contributed by atoms with Crippen LogP contribution in [0, 0.1) is 35.4 Å². The minimum atomic E-state index is -0.681. The number of benzene rings is 2. The smallest absolute Gasteiger partial charge is 0.410 e. The number of nitrogens with zero attached hydrogens (tertiary/aromatic N) is 8. The Labute approximate surface area is 283 Å². The molecule has 0 spiro atoms. The molecule has 1 amide bonds. The zero-order chi connectivity index (χ0) is 34.3. The Balaban J connectivity index is 1.48. The number of nitriles is 2. The minimum Gasteiger partial charge on any atom is -0.474 e. The molecule has 0 bridgehead atoms. The molecule has 2 aromatic carbocycles. The SMILES string of the molecule is Cc1c(C#N)cccc1-c1c(Cl)cc2c(nc(OC[C@@H]3CCCN3C)c3nnn([C@H]4CCN(C(=O)OC(C)(C)C)[C@H](CC#N)C4)c32)c1F. The number of hydrogen-bond acceptors (Lipinski definition) is 9. The van der Waals surface area contributed by atoms with Crippen LogP contribution in [0.5, 0.6) is 5.88 Å². The largest absolute Gasteiger partial charge is 0.474 e. The number of halogens is 2. The van der Waals surface area contributed by atoms with Gasteiger partial charge in [-0.3, -0.25) is 0 Å². The van der Waals surface area contributed by atoms with E-state index in [2.05, 4.69) is 27.4 Å². The number of ether oxygens (including phenoxy) is 2. The van der Waals surface area contributed by atoms with Crippen molar-refractivity contribution in [1.82, 2.24) is 29.8 Å². The van der Waals surface area contributed by atoms with Gasteiger partial charge in [-0.15, -0.1) is 5.10 Å². The van der Waals surface area contributed by atoms with Crippen LogP contribution < -0.4 is 4.74 Å². The molecule has 0 saturated carbocycles. The first-order valence-corrected chi connectivity index (χ1v) is 16.6. The number of amides is 1. The Morgan fingerprint density at radius 3 is 2.65 bits per heavy atom. The fourth-order valence-electron chi connectivity index (χ4n) is 6.85. The van der Waals surface area contributed by atoms with Crippen LogP contribution in [0.3, 0.4) is 0 Å². The summed E-state index contributed by atoms with van der Waals surface area (Å²) in [7, 11) is 2.05. The van der Waals surface area contributed by atoms with Crippen LogP contribution in [0.15, 0.2) is 24.3 Å². The summed E-state index contributed by atoms with van der Waals surface area (Å²) in [5.74, 6) is -0.478. The Kier molecular flexibility index (Phi) is 9.16. The first kappa shape index (κ1) is 33.4. The number of carbonyl (C=O) groups excluding carboxylic acids is 1. The van der Waals surface area contributed by atoms with E-state index in [1.165, 1.54) is 0 Å². The molecule has 0 N–H and O–H groups in total. The van der Waals surface area contributed by atoms with Crippen molar-refractivity contribution in [3.05, 3.63) is 46.2 Å². The van der Waals surface area contributed by atoms with Crippen LogP contribution in [0.25, 0.3) is 33.1 Å². The third kappa shape index (κ3) is 6.23. The van der Waals surface area contributed by atoms with Crippen LogP contribution in [-0.2, 0) is 4.74 Å². The second-order valence-corrected chi connectivity index (χ2v) is 14.0. The zero-order valence-corrected chi connectivity index (χ0v) is 28.5. The van der Waals surface area contributed by atoms with Crippen molar-refractivity contribution in [1.29, 1.82) is 10.5 Å². The molecule has 2 saturated heterocycles. The minimum absolute atomic E-state index is 0.0433. The van der Waals surface area contributed by atoms with Gasteiger partial charge >= 0.3 is 6.09 Å². The molecule has 0 radical (unpaired) electrons. The van der Waals surface area contributed by atoms with E-state index in [9.17, 15) is 15.3 Å². The van der Waals surface area contributed by atoms with Crippen LogP contribution in [0.4, 0.5) is 9.18 Å². The normalized spacial score (nSPS) is 20.2. The average molecular weight is 673 g/mol. The molecule has 2 fully saturated rings. The summed E-state index contributed by atoms with van der Waals surface area (Å²) in [5.41, 5.74) is 1.91. The molecule has 2 aliphatic rings. The van der Waals surface area contributed by atoms with Crippen LogP contribution in [-0.4, -0.2) is 80.3 Å². The molecular formula is C35H38ClFN8O3. The maximum absolute atomic E-state index is 16.8. The number of pyridine rings is 1. The fraction of sp³-hybridized carbons (Fsp3) is 0.486. The first-order chi connectivity index (χ1) is 22.9. The van der Waals surface area contributed by atoms with E-state index < -0.39 is 23.6 Å². The van der Waals surface area contributed by atoms with Crippen molar-refractivity contribution >= 4 is 39.6 Å². The number of hydrogen-bond donors (Lipinski definition) is 0. The second kappa shape index (κ2) is 13.2. The Hall–Kier alpha value is -4.52. The molecule has 6 rings (SSSR count). The second-order valence-electron chi connectivity index (χ2n) is 13.6. The van der Waals surface area contributed by atoms with E-state index in [0.717, 1.165) is 19.4 Å². The lowest BCUT2D eigenvalue weighted by atomic mass is 9.94. The van der Waals surface area contributed by atoms with Gasteiger partial charge in [0, 0.05) is 23.5 Å². The summed E-state index contributed by atoms with van der Waals surface area (Å²) in [5, 5.41) is 28.9. The molecule has 2 aromatic heterocycles. The maximum Gasteiger partial charge on any atom is 0.410 e. The molecular weight excluding hydrogens is 635 g/mol. The van der Waals surface area contributed by atoms with E-state index in [4.69, 9.17) is 26.1 Å². The summed E-state index contributed by atoms with van der Waals surface area (Å²) >= 11 is 6.86. The number of aromatic nitrogens is 4. The Morgan fingerprint density at radius 2 is 1.96 bits per heavy atom. The molecule has 0 unspecified atom stereocenters. The average Bonchev–Trinajstić information content (AvgIpc) is 3.67. The van der Waals surface area contributed by atoms with Crippen LogP contribution >= 0.6 is 11.6 Å². The lowest BCUT2D eigenvalue weighted by Gasteiger charge is -2.39. The Morgan fingerprint density at radius 1 is 1.17 bits per heavy atom. The number of rotatable bonds is 6. The molecule has 4 heterocycles. The molecule has 13 heteroatoms. The lowest BCUT2D eigenvalue weighted by Crippen LogP contribution is -2.48. The van der Waals surface area contributed by atoms with Gasteiger partial charge in [0.25, 0.3) is 0 Å². The number of carbonyl (C=O) groups is 1. The quantitative estimate of drug-likeness (QED) is 0.213. The standard InChI is InChI=1S/C35H38ClFN8O3/c1-20-21(18-39)8-6-10-25(20)28-27(36)17-26-30(29(28)37)40-33(47-19-24-9-7-14-43(24)5)31-32(26)45(42-41-31)23-12-15-44(22(16-23)11-13-38)34(46)48-35(2,3)4/h6,8,10,17,22-24H,7,9,11-12,14-16,19H2,1-5H3/t22-,23+,24+/m1/s1. The molecule has 0 aliphatic carbocycles. The predicted molar refractivity (Wildman–Crippen MR) is 179 cm³/mol. The third-order valence-electron chi connectivity index (χ3n) is 9.35. The molecule has 4 aromatic rings. The lowest BCUT2D eigenvalue weighted by molar-refractivity contribution is 0.00557. The fourth-order valence-corrected chi connectivity index (χ4v) is 7.14. The summed E-state index contributed by atoms with van der Waals surface area (Å²) in [6.07, 6.45) is 2.58. The summed E-state index contributed by atoms with van der Waals surface area (Å²) in [6.45, 7) is 8.83. The van der Waals surface area contributed by atoms with Gasteiger partial charge in [0.2, 0.25) is 5.88 Å². The zero-order valence-electron chi connectivity index (χ0n) is 27.8. The van der Waals surface area contributed by atoms with E-state index >= 15 is 4.39 Å². The summed E-state index contributed by atoms with van der Waals surface area (Å²) in [6, 6.07) is 10.6. The van der Waals surface area contributed by atoms with Gasteiger partial charge < -0.3 is 19.3 Å². The van der Waals surface area contributed by atoms with Gasteiger partial charge in [-0.1, -0.05) is 28.9 Å². The van der Waals surface area contributed by atoms with Crippen LogP contribution in [0.1, 0.15) is 70.0 Å². The monoisotopic (exact) mass is 672 g/mol. The van der Waals surface area contributed by atoms with E-state index in [-0.39, 0.29) is 40.5 Å². The van der Waals surface area contributed by atoms with Gasteiger partial charge in [-0.2, -0.15) is 10.5 Å². The van der Waals surface area contributed by atoms with E-state index in [1.807, 2.05) is 7.05 Å². The van der Waals surface area contributed by atoms with Gasteiger partial charge in [-0.25, -0.2) is 18.9 Å². The number of likely N-dealkylation sites (tertiary alicyclic amines) is 2. The molecule has 48 heavy (non-hydrogen) atoms. The number of piperidine rings is 1. The van der Waals surface area contributed by atoms with Crippen LogP contribution in [0.2, 0.25) is 5.02 Å². The van der Waals surface area contributed by atoms with Crippen molar-refractivity contribution in [3.8, 4) is 29.1 Å². The molecule has 2 aliphatic heterocycles. The van der Waals surface area contributed by atoms with Gasteiger partial charge in [-0.05, 0) is 90.2 Å². The maximum atomic E-state index is 16.8. The summed E-state index contributed by atoms with van der Waals surface area (Å²) in [4.78, 5) is 21.6. The van der Waals surface area contributed by atoms with E-state index in [0.29, 0.717) is 59.1 Å². The Bertz CT molecular complexity index is 1980. The van der Waals surface area contributed by atoms with Crippen molar-refractivity contribution in [2.24, 2.45) is 0 Å².